The molecule has 1 saturated heterocycles. The number of alkyl carbamates (subject to hydrolysis) is 1. The number of benzene rings is 1. The molecule has 0 radical (unpaired) electrons. The zero-order valence-corrected chi connectivity index (χ0v) is 22.8. The predicted molar refractivity (Wildman–Crippen MR) is 145 cm³/mol. The van der Waals surface area contributed by atoms with Crippen LogP contribution in [0.4, 0.5) is 4.79 Å². The summed E-state index contributed by atoms with van der Waals surface area (Å²) in [5, 5.41) is 12.3. The normalized spacial score (nSPS) is 14.2. The van der Waals surface area contributed by atoms with Crippen molar-refractivity contribution in [1.29, 1.82) is 5.26 Å². The number of aryl methyl sites for hydroxylation is 1. The fourth-order valence-corrected chi connectivity index (χ4v) is 4.60. The molecule has 9 nitrogen and oxygen atoms in total. The molecule has 200 valence electrons. The molecule has 1 amide bonds. The average molecular weight is 516 g/mol. The van der Waals surface area contributed by atoms with Gasteiger partial charge in [0.1, 0.15) is 11.4 Å². The molecule has 38 heavy (non-hydrogen) atoms. The fraction of sp³-hybridized carbons (Fsp3) is 0.483. The van der Waals surface area contributed by atoms with E-state index in [1.54, 1.807) is 18.5 Å². The minimum atomic E-state index is -0.530. The standard InChI is InChI=1S/C29H37N7O2/c1-21-34-25(19-35-12-6-5-7-13-35)20-36(21)18-24-14-22(15-30)8-9-26(24)27-32-16-23(17-33-27)10-11-31-28(37)38-29(2,3)4/h8-9,14,16-17,20H,5-7,10-13,18-19H2,1-4H3,(H,31,37). The summed E-state index contributed by atoms with van der Waals surface area (Å²) in [6, 6.07) is 7.85. The molecule has 4 rings (SSSR count). The molecule has 3 aromatic rings. The van der Waals surface area contributed by atoms with E-state index in [0.29, 0.717) is 30.9 Å². The van der Waals surface area contributed by atoms with E-state index in [1.807, 2.05) is 39.8 Å². The lowest BCUT2D eigenvalue weighted by Crippen LogP contribution is -2.33. The molecule has 0 bridgehead atoms. The lowest BCUT2D eigenvalue weighted by molar-refractivity contribution is 0.0528. The molecule has 1 N–H and O–H groups in total. The van der Waals surface area contributed by atoms with Gasteiger partial charge < -0.3 is 14.6 Å². The van der Waals surface area contributed by atoms with Gasteiger partial charge in [-0.05, 0) is 89.4 Å². The third-order valence-corrected chi connectivity index (χ3v) is 6.46. The first kappa shape index (κ1) is 27.3. The SMILES string of the molecule is Cc1nc(CN2CCCCC2)cn1Cc1cc(C#N)ccc1-c1ncc(CCNC(=O)OC(C)(C)C)cn1. The Hall–Kier alpha value is -3.77. The zero-order chi connectivity index (χ0) is 27.1. The summed E-state index contributed by atoms with van der Waals surface area (Å²) in [7, 11) is 0. The Kier molecular flexibility index (Phi) is 8.74. The van der Waals surface area contributed by atoms with E-state index in [0.717, 1.165) is 47.8 Å². The van der Waals surface area contributed by atoms with Gasteiger partial charge in [-0.25, -0.2) is 19.7 Å². The highest BCUT2D eigenvalue weighted by Crippen LogP contribution is 2.24. The Bertz CT molecular complexity index is 1280. The number of carbonyl (C=O) groups excluding carboxylic acids is 1. The third kappa shape index (κ3) is 7.62. The van der Waals surface area contributed by atoms with Crippen LogP contribution in [0.3, 0.4) is 0 Å². The fourth-order valence-electron chi connectivity index (χ4n) is 4.60. The number of aromatic nitrogens is 4. The lowest BCUT2D eigenvalue weighted by Gasteiger charge is -2.25. The summed E-state index contributed by atoms with van der Waals surface area (Å²) in [5.41, 5.74) is 3.90. The van der Waals surface area contributed by atoms with Gasteiger partial charge in [0.25, 0.3) is 0 Å². The molecule has 1 fully saturated rings. The van der Waals surface area contributed by atoms with Gasteiger partial charge in [0.05, 0.1) is 17.3 Å². The first-order valence-electron chi connectivity index (χ1n) is 13.3. The number of piperidine rings is 1. The van der Waals surface area contributed by atoms with Crippen LogP contribution >= 0.6 is 0 Å². The molecule has 1 aliphatic rings. The maximum atomic E-state index is 11.9. The van der Waals surface area contributed by atoms with Crippen LogP contribution in [-0.4, -0.2) is 55.7 Å². The lowest BCUT2D eigenvalue weighted by atomic mass is 10.0. The van der Waals surface area contributed by atoms with Crippen LogP contribution in [0, 0.1) is 18.3 Å². The molecule has 0 spiro atoms. The highest BCUT2D eigenvalue weighted by molar-refractivity contribution is 5.67. The molecular formula is C29H37N7O2. The van der Waals surface area contributed by atoms with Gasteiger partial charge in [-0.2, -0.15) is 5.26 Å². The molecule has 9 heteroatoms. The molecule has 1 aromatic carbocycles. The highest BCUT2D eigenvalue weighted by atomic mass is 16.6. The first-order valence-corrected chi connectivity index (χ1v) is 13.3. The van der Waals surface area contributed by atoms with E-state index in [-0.39, 0.29) is 0 Å². The Morgan fingerprint density at radius 3 is 2.55 bits per heavy atom. The predicted octanol–water partition coefficient (Wildman–Crippen LogP) is 4.62. The van der Waals surface area contributed by atoms with Crippen LogP contribution in [0.25, 0.3) is 11.4 Å². The van der Waals surface area contributed by atoms with Gasteiger partial charge in [-0.3, -0.25) is 4.90 Å². The van der Waals surface area contributed by atoms with Crippen molar-refractivity contribution in [2.75, 3.05) is 19.6 Å². The average Bonchev–Trinajstić information content (AvgIpc) is 3.22. The largest absolute Gasteiger partial charge is 0.444 e. The number of ether oxygens (including phenoxy) is 1. The second-order valence-electron chi connectivity index (χ2n) is 10.8. The summed E-state index contributed by atoms with van der Waals surface area (Å²) in [6.07, 6.45) is 9.65. The molecule has 0 saturated carbocycles. The van der Waals surface area contributed by atoms with Crippen LogP contribution in [0.1, 0.15) is 68.2 Å². The number of nitrogens with zero attached hydrogens (tertiary/aromatic N) is 6. The Labute approximate surface area is 224 Å². The van der Waals surface area contributed by atoms with Crippen molar-refractivity contribution in [2.45, 2.75) is 72.1 Å². The number of amides is 1. The number of likely N-dealkylation sites (tertiary alicyclic amines) is 1. The second-order valence-corrected chi connectivity index (χ2v) is 10.8. The maximum Gasteiger partial charge on any atom is 0.407 e. The van der Waals surface area contributed by atoms with E-state index in [4.69, 9.17) is 9.72 Å². The topological polar surface area (TPSA) is 109 Å². The smallest absolute Gasteiger partial charge is 0.407 e. The summed E-state index contributed by atoms with van der Waals surface area (Å²) in [6.45, 7) is 11.7. The number of carbonyl (C=O) groups is 1. The van der Waals surface area contributed by atoms with Crippen LogP contribution in [0.5, 0.6) is 0 Å². The minimum Gasteiger partial charge on any atom is -0.444 e. The van der Waals surface area contributed by atoms with Crippen molar-refractivity contribution in [3.63, 3.8) is 0 Å². The molecule has 1 aliphatic heterocycles. The van der Waals surface area contributed by atoms with Crippen LogP contribution in [0.15, 0.2) is 36.8 Å². The summed E-state index contributed by atoms with van der Waals surface area (Å²) < 4.78 is 7.40. The summed E-state index contributed by atoms with van der Waals surface area (Å²) in [5.74, 6) is 1.54. The zero-order valence-electron chi connectivity index (χ0n) is 22.8. The van der Waals surface area contributed by atoms with E-state index >= 15 is 0 Å². The van der Waals surface area contributed by atoms with Crippen LogP contribution < -0.4 is 5.32 Å². The number of nitriles is 1. The first-order chi connectivity index (χ1) is 18.2. The molecule has 2 aromatic heterocycles. The van der Waals surface area contributed by atoms with Gasteiger partial charge in [0.15, 0.2) is 5.82 Å². The van der Waals surface area contributed by atoms with E-state index in [2.05, 4.69) is 37.0 Å². The number of nitrogens with one attached hydrogen (secondary N) is 1. The van der Waals surface area contributed by atoms with Crippen molar-refractivity contribution in [3.05, 3.63) is 65.0 Å². The molecule has 3 heterocycles. The number of rotatable bonds is 8. The van der Waals surface area contributed by atoms with Crippen molar-refractivity contribution >= 4 is 6.09 Å². The van der Waals surface area contributed by atoms with Crippen molar-refractivity contribution in [3.8, 4) is 17.5 Å². The monoisotopic (exact) mass is 515 g/mol. The second kappa shape index (κ2) is 12.2. The van der Waals surface area contributed by atoms with E-state index in [9.17, 15) is 10.1 Å². The number of imidazole rings is 1. The number of hydrogen-bond acceptors (Lipinski definition) is 7. The Morgan fingerprint density at radius 1 is 1.13 bits per heavy atom. The quantitative estimate of drug-likeness (QED) is 0.466. The van der Waals surface area contributed by atoms with E-state index in [1.165, 1.54) is 19.3 Å². The molecule has 0 atom stereocenters. The Balaban J connectivity index is 1.45. The number of hydrogen-bond donors (Lipinski definition) is 1. The van der Waals surface area contributed by atoms with Crippen LogP contribution in [-0.2, 0) is 24.2 Å². The van der Waals surface area contributed by atoms with Crippen molar-refractivity contribution in [2.24, 2.45) is 0 Å². The van der Waals surface area contributed by atoms with Gasteiger partial charge in [-0.1, -0.05) is 6.42 Å². The molecule has 0 unspecified atom stereocenters. The van der Waals surface area contributed by atoms with Gasteiger partial charge in [0, 0.05) is 43.8 Å². The van der Waals surface area contributed by atoms with Crippen molar-refractivity contribution in [1.82, 2.24) is 29.7 Å². The summed E-state index contributed by atoms with van der Waals surface area (Å²) in [4.78, 5) is 28.3. The van der Waals surface area contributed by atoms with Crippen molar-refractivity contribution < 1.29 is 9.53 Å². The van der Waals surface area contributed by atoms with Gasteiger partial charge >= 0.3 is 6.09 Å². The summed E-state index contributed by atoms with van der Waals surface area (Å²) >= 11 is 0. The minimum absolute atomic E-state index is 0.430. The van der Waals surface area contributed by atoms with Crippen LogP contribution in [0.2, 0.25) is 0 Å². The highest BCUT2D eigenvalue weighted by Gasteiger charge is 2.17. The van der Waals surface area contributed by atoms with Gasteiger partial charge in [-0.15, -0.1) is 0 Å². The third-order valence-electron chi connectivity index (χ3n) is 6.46. The molecular weight excluding hydrogens is 478 g/mol. The maximum absolute atomic E-state index is 11.9. The Morgan fingerprint density at radius 2 is 1.87 bits per heavy atom. The molecule has 0 aliphatic carbocycles. The van der Waals surface area contributed by atoms with Gasteiger partial charge in [0.2, 0.25) is 0 Å². The van der Waals surface area contributed by atoms with E-state index < -0.39 is 11.7 Å².